The van der Waals surface area contributed by atoms with Crippen molar-refractivity contribution in [2.45, 2.75) is 37.8 Å². The minimum Gasteiger partial charge on any atom is -0.447 e. The smallest absolute Gasteiger partial charge is 0.358 e. The summed E-state index contributed by atoms with van der Waals surface area (Å²) in [5.74, 6) is -1.64. The summed E-state index contributed by atoms with van der Waals surface area (Å²) in [7, 11) is 0. The normalized spacial score (nSPS) is 21.3. The summed E-state index contributed by atoms with van der Waals surface area (Å²) in [6.07, 6.45) is 2.81. The van der Waals surface area contributed by atoms with Gasteiger partial charge in [0.25, 0.3) is 5.91 Å². The molecule has 1 saturated carbocycles. The molecule has 126 valence electrons. The summed E-state index contributed by atoms with van der Waals surface area (Å²) < 4.78 is 20.5. The van der Waals surface area contributed by atoms with Crippen LogP contribution in [-0.4, -0.2) is 40.5 Å². The fraction of sp³-hybridized carbons (Fsp3) is 0.412. The molecule has 1 aromatic heterocycles. The molecular weight excluding hydrogens is 379 g/mol. The highest BCUT2D eigenvalue weighted by atomic mass is 79.9. The Balaban J connectivity index is 1.52. The van der Waals surface area contributed by atoms with Crippen LogP contribution in [0.25, 0.3) is 10.9 Å². The van der Waals surface area contributed by atoms with Crippen LogP contribution in [0.4, 0.5) is 4.39 Å². The number of aromatic nitrogens is 1. The summed E-state index contributed by atoms with van der Waals surface area (Å²) in [5.41, 5.74) is 0.273. The van der Waals surface area contributed by atoms with Crippen LogP contribution in [0.1, 0.15) is 36.2 Å². The molecule has 2 heterocycles. The number of carbonyl (C=O) groups excluding carboxylic acids is 2. The molecule has 5 nitrogen and oxygen atoms in total. The van der Waals surface area contributed by atoms with Crippen LogP contribution in [-0.2, 0) is 9.53 Å². The van der Waals surface area contributed by atoms with Crippen molar-refractivity contribution in [1.29, 1.82) is 0 Å². The molecule has 24 heavy (non-hydrogen) atoms. The molecule has 2 aromatic rings. The quantitative estimate of drug-likeness (QED) is 0.811. The zero-order valence-electron chi connectivity index (χ0n) is 12.9. The van der Waals surface area contributed by atoms with Crippen molar-refractivity contribution in [3.05, 3.63) is 34.2 Å². The topological polar surface area (TPSA) is 62.4 Å². The number of fused-ring (bicyclic) bond motifs is 1. The van der Waals surface area contributed by atoms with Crippen molar-refractivity contribution in [3.8, 4) is 0 Å². The summed E-state index contributed by atoms with van der Waals surface area (Å²) in [5, 5.41) is 0.310. The van der Waals surface area contributed by atoms with E-state index in [1.165, 1.54) is 0 Å². The van der Waals surface area contributed by atoms with Crippen molar-refractivity contribution in [2.75, 3.05) is 6.54 Å². The molecule has 2 aliphatic rings. The van der Waals surface area contributed by atoms with Crippen LogP contribution in [0.2, 0.25) is 0 Å². The molecule has 0 spiro atoms. The first kappa shape index (κ1) is 15.6. The zero-order valence-corrected chi connectivity index (χ0v) is 14.4. The number of ether oxygens (including phenoxy) is 1. The first-order chi connectivity index (χ1) is 11.5. The maximum Gasteiger partial charge on any atom is 0.358 e. The lowest BCUT2D eigenvalue weighted by Crippen LogP contribution is -2.43. The predicted octanol–water partition coefficient (Wildman–Crippen LogP) is 3.38. The molecule has 1 aliphatic carbocycles. The highest BCUT2D eigenvalue weighted by molar-refractivity contribution is 9.10. The second-order valence-corrected chi connectivity index (χ2v) is 7.22. The number of rotatable bonds is 3. The summed E-state index contributed by atoms with van der Waals surface area (Å²) >= 11 is 3.28. The molecule has 7 heteroatoms. The fourth-order valence-electron chi connectivity index (χ4n) is 3.31. The number of likely N-dealkylation sites (tertiary alicyclic amines) is 1. The van der Waals surface area contributed by atoms with E-state index in [0.717, 1.165) is 23.7 Å². The molecular formula is C17H16BrFN2O3. The maximum atomic E-state index is 14.5. The number of hydrogen-bond acceptors (Lipinski definition) is 3. The number of benzene rings is 1. The van der Waals surface area contributed by atoms with Gasteiger partial charge >= 0.3 is 5.97 Å². The third-order valence-electron chi connectivity index (χ3n) is 4.86. The Morgan fingerprint density at radius 2 is 2.12 bits per heavy atom. The molecule has 1 saturated heterocycles. The second-order valence-electron chi connectivity index (χ2n) is 6.30. The predicted molar refractivity (Wildman–Crippen MR) is 89.1 cm³/mol. The molecule has 1 aromatic carbocycles. The molecule has 1 atom stereocenters. The van der Waals surface area contributed by atoms with Gasteiger partial charge in [0.1, 0.15) is 0 Å². The lowest BCUT2D eigenvalue weighted by atomic mass is 9.92. The third-order valence-corrected chi connectivity index (χ3v) is 5.35. The van der Waals surface area contributed by atoms with Gasteiger partial charge in [0, 0.05) is 34.4 Å². The number of H-pyrrole nitrogens is 1. The number of hydrogen-bond donors (Lipinski definition) is 1. The molecule has 0 bridgehead atoms. The van der Waals surface area contributed by atoms with Gasteiger partial charge in [0.2, 0.25) is 0 Å². The summed E-state index contributed by atoms with van der Waals surface area (Å²) in [4.78, 5) is 29.2. The molecule has 1 N–H and O–H groups in total. The summed E-state index contributed by atoms with van der Waals surface area (Å²) in [6.45, 7) is 0.601. The van der Waals surface area contributed by atoms with E-state index in [2.05, 4.69) is 20.9 Å². The van der Waals surface area contributed by atoms with E-state index in [9.17, 15) is 14.0 Å². The highest BCUT2D eigenvalue weighted by Gasteiger charge is 2.40. The monoisotopic (exact) mass is 394 g/mol. The van der Waals surface area contributed by atoms with Crippen molar-refractivity contribution >= 4 is 38.7 Å². The number of aromatic amines is 1. The van der Waals surface area contributed by atoms with Crippen LogP contribution in [0.3, 0.4) is 0 Å². The molecule has 4 rings (SSSR count). The fourth-order valence-corrected chi connectivity index (χ4v) is 3.67. The van der Waals surface area contributed by atoms with E-state index >= 15 is 0 Å². The van der Waals surface area contributed by atoms with Crippen molar-refractivity contribution in [2.24, 2.45) is 0 Å². The Bertz CT molecular complexity index is 831. The van der Waals surface area contributed by atoms with Crippen LogP contribution in [0.15, 0.2) is 22.7 Å². The standard InChI is InChI=1S/C17H16BrFN2O3/c18-9-4-5-12-11(8-9)14(19)15(20-12)17(23)24-13-6-7-21(16(13)22)10-2-1-3-10/h4-5,8,10,13,20H,1-3,6-7H2. The van der Waals surface area contributed by atoms with Crippen molar-refractivity contribution in [1.82, 2.24) is 9.88 Å². The molecule has 0 radical (unpaired) electrons. The van der Waals surface area contributed by atoms with Gasteiger partial charge in [-0.05, 0) is 37.5 Å². The van der Waals surface area contributed by atoms with Gasteiger partial charge in [-0.25, -0.2) is 9.18 Å². The Kier molecular flexibility index (Phi) is 3.83. The van der Waals surface area contributed by atoms with Gasteiger partial charge < -0.3 is 14.6 Å². The van der Waals surface area contributed by atoms with Crippen LogP contribution in [0, 0.1) is 5.82 Å². The van der Waals surface area contributed by atoms with Gasteiger partial charge in [0.15, 0.2) is 17.6 Å². The number of esters is 1. The van der Waals surface area contributed by atoms with E-state index in [4.69, 9.17) is 4.74 Å². The van der Waals surface area contributed by atoms with Crippen LogP contribution in [0.5, 0.6) is 0 Å². The lowest BCUT2D eigenvalue weighted by Gasteiger charge is -2.34. The Labute approximate surface area is 146 Å². The zero-order chi connectivity index (χ0) is 16.8. The maximum absolute atomic E-state index is 14.5. The van der Waals surface area contributed by atoms with E-state index < -0.39 is 17.9 Å². The van der Waals surface area contributed by atoms with Gasteiger partial charge in [-0.15, -0.1) is 0 Å². The average Bonchev–Trinajstić information content (AvgIpc) is 3.01. The lowest BCUT2D eigenvalue weighted by molar-refractivity contribution is -0.138. The summed E-state index contributed by atoms with van der Waals surface area (Å²) in [6, 6.07) is 5.31. The Morgan fingerprint density at radius 1 is 1.33 bits per heavy atom. The molecule has 2 fully saturated rings. The number of amides is 1. The highest BCUT2D eigenvalue weighted by Crippen LogP contribution is 2.30. The molecule has 1 amide bonds. The van der Waals surface area contributed by atoms with E-state index in [1.54, 1.807) is 23.1 Å². The number of halogens is 2. The first-order valence-electron chi connectivity index (χ1n) is 8.03. The van der Waals surface area contributed by atoms with Gasteiger partial charge in [-0.3, -0.25) is 4.79 Å². The van der Waals surface area contributed by atoms with E-state index in [0.29, 0.717) is 23.9 Å². The van der Waals surface area contributed by atoms with Crippen molar-refractivity contribution in [3.63, 3.8) is 0 Å². The molecule has 1 aliphatic heterocycles. The van der Waals surface area contributed by atoms with Gasteiger partial charge in [-0.2, -0.15) is 0 Å². The minimum absolute atomic E-state index is 0.160. The van der Waals surface area contributed by atoms with Gasteiger partial charge in [-0.1, -0.05) is 15.9 Å². The number of nitrogens with one attached hydrogen (secondary N) is 1. The van der Waals surface area contributed by atoms with Crippen LogP contribution >= 0.6 is 15.9 Å². The van der Waals surface area contributed by atoms with Crippen molar-refractivity contribution < 1.29 is 18.7 Å². The Hall–Kier alpha value is -1.89. The second kappa shape index (κ2) is 5.88. The number of carbonyl (C=O) groups is 2. The van der Waals surface area contributed by atoms with E-state index in [-0.39, 0.29) is 17.6 Å². The van der Waals surface area contributed by atoms with Gasteiger partial charge in [0.05, 0.1) is 0 Å². The van der Waals surface area contributed by atoms with Crippen LogP contribution < -0.4 is 0 Å². The third kappa shape index (κ3) is 2.51. The minimum atomic E-state index is -0.825. The first-order valence-corrected chi connectivity index (χ1v) is 8.82. The van der Waals surface area contributed by atoms with E-state index in [1.807, 2.05) is 0 Å². The largest absolute Gasteiger partial charge is 0.447 e. The Morgan fingerprint density at radius 3 is 2.83 bits per heavy atom. The SMILES string of the molecule is O=C(OC1CCN(C2CCC2)C1=O)c1[nH]c2ccc(Br)cc2c1F. The molecule has 1 unspecified atom stereocenters. The number of nitrogens with zero attached hydrogens (tertiary/aromatic N) is 1. The average molecular weight is 395 g/mol.